The van der Waals surface area contributed by atoms with Gasteiger partial charge in [0.2, 0.25) is 0 Å². The molecule has 0 amide bonds. The zero-order chi connectivity index (χ0) is 13.5. The first kappa shape index (κ1) is 14.1. The highest BCUT2D eigenvalue weighted by Crippen LogP contribution is 2.19. The molecule has 1 aromatic carbocycles. The lowest BCUT2D eigenvalue weighted by molar-refractivity contribution is 0.313. The van der Waals surface area contributed by atoms with Gasteiger partial charge in [0, 0.05) is 18.0 Å². The molecule has 3 heteroatoms. The van der Waals surface area contributed by atoms with Crippen LogP contribution in [0.15, 0.2) is 41.8 Å². The minimum absolute atomic E-state index is 0.542. The fraction of sp³-hybridized carbons (Fsp3) is 0.375. The highest BCUT2D eigenvalue weighted by molar-refractivity contribution is 7.09. The quantitative estimate of drug-likeness (QED) is 0.770. The monoisotopic (exact) mass is 275 g/mol. The molecule has 1 heterocycles. The number of benzene rings is 1. The van der Waals surface area contributed by atoms with Gasteiger partial charge in [-0.3, -0.25) is 0 Å². The first-order valence-corrected chi connectivity index (χ1v) is 7.59. The minimum atomic E-state index is 0.542. The van der Waals surface area contributed by atoms with Crippen LogP contribution in [-0.2, 0) is 6.54 Å². The minimum Gasteiger partial charge on any atom is -0.492 e. The van der Waals surface area contributed by atoms with Gasteiger partial charge in [-0.15, -0.1) is 11.3 Å². The molecule has 2 aromatic rings. The SMILES string of the molecule is CC(C)c1cccc(OCCNCc2cccs2)c1. The van der Waals surface area contributed by atoms with Crippen LogP contribution in [0.2, 0.25) is 0 Å². The molecule has 19 heavy (non-hydrogen) atoms. The molecule has 2 nitrogen and oxygen atoms in total. The molecular weight excluding hydrogens is 254 g/mol. The number of nitrogens with one attached hydrogen (secondary N) is 1. The first-order chi connectivity index (χ1) is 9.25. The standard InChI is InChI=1S/C16H21NOS/c1-13(2)14-5-3-6-15(11-14)18-9-8-17-12-16-7-4-10-19-16/h3-7,10-11,13,17H,8-9,12H2,1-2H3. The third kappa shape index (κ3) is 4.69. The van der Waals surface area contributed by atoms with Crippen LogP contribution < -0.4 is 10.1 Å². The van der Waals surface area contributed by atoms with E-state index in [9.17, 15) is 0 Å². The van der Waals surface area contributed by atoms with Crippen molar-refractivity contribution in [3.05, 3.63) is 52.2 Å². The Balaban J connectivity index is 1.69. The third-order valence-corrected chi connectivity index (χ3v) is 3.83. The number of thiophene rings is 1. The number of hydrogen-bond acceptors (Lipinski definition) is 3. The van der Waals surface area contributed by atoms with Crippen LogP contribution in [0.3, 0.4) is 0 Å². The van der Waals surface area contributed by atoms with E-state index in [1.165, 1.54) is 10.4 Å². The van der Waals surface area contributed by atoms with Gasteiger partial charge in [-0.25, -0.2) is 0 Å². The Bertz CT molecular complexity index is 479. The van der Waals surface area contributed by atoms with E-state index in [1.54, 1.807) is 11.3 Å². The lowest BCUT2D eigenvalue weighted by atomic mass is 10.0. The summed E-state index contributed by atoms with van der Waals surface area (Å²) < 4.78 is 5.76. The fourth-order valence-electron chi connectivity index (χ4n) is 1.83. The second kappa shape index (κ2) is 7.31. The van der Waals surface area contributed by atoms with Crippen molar-refractivity contribution in [2.24, 2.45) is 0 Å². The van der Waals surface area contributed by atoms with Gasteiger partial charge in [0.05, 0.1) is 0 Å². The van der Waals surface area contributed by atoms with Gasteiger partial charge in [-0.1, -0.05) is 32.0 Å². The molecule has 0 aliphatic heterocycles. The second-order valence-electron chi connectivity index (χ2n) is 4.83. The van der Waals surface area contributed by atoms with E-state index in [1.807, 2.05) is 6.07 Å². The molecule has 1 N–H and O–H groups in total. The molecule has 0 aliphatic rings. The molecule has 1 aromatic heterocycles. The lowest BCUT2D eigenvalue weighted by Gasteiger charge is -2.10. The summed E-state index contributed by atoms with van der Waals surface area (Å²) in [5.74, 6) is 1.50. The molecular formula is C16H21NOS. The van der Waals surface area contributed by atoms with Crippen molar-refractivity contribution in [2.75, 3.05) is 13.2 Å². The highest BCUT2D eigenvalue weighted by atomic mass is 32.1. The fourth-order valence-corrected chi connectivity index (χ4v) is 2.50. The summed E-state index contributed by atoms with van der Waals surface area (Å²) in [5.41, 5.74) is 1.32. The molecule has 102 valence electrons. The maximum absolute atomic E-state index is 5.76. The Morgan fingerprint density at radius 1 is 1.21 bits per heavy atom. The molecule has 0 saturated carbocycles. The Morgan fingerprint density at radius 2 is 2.11 bits per heavy atom. The molecule has 2 rings (SSSR count). The van der Waals surface area contributed by atoms with Crippen molar-refractivity contribution >= 4 is 11.3 Å². The van der Waals surface area contributed by atoms with Crippen LogP contribution in [0.25, 0.3) is 0 Å². The van der Waals surface area contributed by atoms with Crippen molar-refractivity contribution in [1.82, 2.24) is 5.32 Å². The van der Waals surface area contributed by atoms with Crippen LogP contribution >= 0.6 is 11.3 Å². The van der Waals surface area contributed by atoms with Gasteiger partial charge < -0.3 is 10.1 Å². The van der Waals surface area contributed by atoms with Crippen molar-refractivity contribution in [2.45, 2.75) is 26.3 Å². The average molecular weight is 275 g/mol. The molecule has 0 spiro atoms. The molecule has 0 aliphatic carbocycles. The van der Waals surface area contributed by atoms with Crippen molar-refractivity contribution in [3.8, 4) is 5.75 Å². The van der Waals surface area contributed by atoms with Crippen LogP contribution in [0.4, 0.5) is 0 Å². The summed E-state index contributed by atoms with van der Waals surface area (Å²) in [6.07, 6.45) is 0. The predicted molar refractivity (Wildman–Crippen MR) is 82.1 cm³/mol. The third-order valence-electron chi connectivity index (χ3n) is 2.95. The van der Waals surface area contributed by atoms with E-state index in [-0.39, 0.29) is 0 Å². The van der Waals surface area contributed by atoms with Gasteiger partial charge in [-0.2, -0.15) is 0 Å². The Hall–Kier alpha value is -1.32. The van der Waals surface area contributed by atoms with Gasteiger partial charge >= 0.3 is 0 Å². The second-order valence-corrected chi connectivity index (χ2v) is 5.86. The highest BCUT2D eigenvalue weighted by Gasteiger charge is 2.00. The number of rotatable bonds is 7. The molecule has 0 radical (unpaired) electrons. The lowest BCUT2D eigenvalue weighted by Crippen LogP contribution is -2.20. The van der Waals surface area contributed by atoms with Crippen molar-refractivity contribution < 1.29 is 4.74 Å². The van der Waals surface area contributed by atoms with Crippen LogP contribution in [-0.4, -0.2) is 13.2 Å². The van der Waals surface area contributed by atoms with Gasteiger partial charge in [0.1, 0.15) is 12.4 Å². The Kier molecular flexibility index (Phi) is 5.43. The topological polar surface area (TPSA) is 21.3 Å². The van der Waals surface area contributed by atoms with Crippen molar-refractivity contribution in [3.63, 3.8) is 0 Å². The average Bonchev–Trinajstić information content (AvgIpc) is 2.92. The largest absolute Gasteiger partial charge is 0.492 e. The van der Waals surface area contributed by atoms with Crippen LogP contribution in [0.1, 0.15) is 30.2 Å². The van der Waals surface area contributed by atoms with E-state index >= 15 is 0 Å². The van der Waals surface area contributed by atoms with E-state index in [0.717, 1.165) is 18.8 Å². The number of ether oxygens (including phenoxy) is 1. The van der Waals surface area contributed by atoms with Crippen LogP contribution in [0.5, 0.6) is 5.75 Å². The van der Waals surface area contributed by atoms with Gasteiger partial charge in [0.25, 0.3) is 0 Å². The molecule has 0 fully saturated rings. The maximum atomic E-state index is 5.76. The summed E-state index contributed by atoms with van der Waals surface area (Å²) in [4.78, 5) is 1.36. The number of hydrogen-bond donors (Lipinski definition) is 1. The zero-order valence-corrected chi connectivity index (χ0v) is 12.4. The van der Waals surface area contributed by atoms with E-state index < -0.39 is 0 Å². The first-order valence-electron chi connectivity index (χ1n) is 6.71. The van der Waals surface area contributed by atoms with E-state index in [0.29, 0.717) is 12.5 Å². The summed E-state index contributed by atoms with van der Waals surface area (Å²) in [6.45, 7) is 6.88. The zero-order valence-electron chi connectivity index (χ0n) is 11.6. The normalized spacial score (nSPS) is 10.9. The summed E-state index contributed by atoms with van der Waals surface area (Å²) in [5, 5.41) is 5.48. The summed E-state index contributed by atoms with van der Waals surface area (Å²) in [6, 6.07) is 12.6. The van der Waals surface area contributed by atoms with E-state index in [2.05, 4.69) is 54.9 Å². The smallest absolute Gasteiger partial charge is 0.119 e. The molecule has 0 bridgehead atoms. The molecule has 0 atom stereocenters. The molecule has 0 unspecified atom stereocenters. The summed E-state index contributed by atoms with van der Waals surface area (Å²) >= 11 is 1.78. The Morgan fingerprint density at radius 3 is 2.84 bits per heavy atom. The van der Waals surface area contributed by atoms with Gasteiger partial charge in [0.15, 0.2) is 0 Å². The van der Waals surface area contributed by atoms with Gasteiger partial charge in [-0.05, 0) is 35.1 Å². The van der Waals surface area contributed by atoms with E-state index in [4.69, 9.17) is 4.74 Å². The summed E-state index contributed by atoms with van der Waals surface area (Å²) in [7, 11) is 0. The van der Waals surface area contributed by atoms with Crippen molar-refractivity contribution in [1.29, 1.82) is 0 Å². The van der Waals surface area contributed by atoms with Crippen LogP contribution in [0, 0.1) is 0 Å². The predicted octanol–water partition coefficient (Wildman–Crippen LogP) is 4.04. The molecule has 0 saturated heterocycles. The maximum Gasteiger partial charge on any atom is 0.119 e. The Labute approximate surface area is 119 Å².